The van der Waals surface area contributed by atoms with Crippen LogP contribution in [0.5, 0.6) is 0 Å². The van der Waals surface area contributed by atoms with Crippen LogP contribution >= 0.6 is 12.2 Å². The molecule has 98 valence electrons. The molecule has 1 amide bonds. The van der Waals surface area contributed by atoms with Crippen LogP contribution < -0.4 is 5.43 Å². The van der Waals surface area contributed by atoms with Gasteiger partial charge in [0.1, 0.15) is 27.3 Å². The molecule has 0 bridgehead atoms. The second kappa shape index (κ2) is 6.41. The van der Waals surface area contributed by atoms with Gasteiger partial charge in [0.15, 0.2) is 0 Å². The van der Waals surface area contributed by atoms with Crippen LogP contribution in [0.4, 0.5) is 4.39 Å². The molecule has 0 heterocycles. The number of nitrogens with one attached hydrogen (secondary N) is 1. The fraction of sp³-hybridized carbons (Fsp3) is 0.200. The molecule has 0 saturated heterocycles. The van der Waals surface area contributed by atoms with E-state index in [1.54, 1.807) is 6.07 Å². The summed E-state index contributed by atoms with van der Waals surface area (Å²) in [6.45, 7) is 0. The number of carbonyl (C=O) groups is 1. The van der Waals surface area contributed by atoms with Crippen LogP contribution in [0.25, 0.3) is 0 Å². The molecule has 0 aliphatic heterocycles. The van der Waals surface area contributed by atoms with Gasteiger partial charge < -0.3 is 0 Å². The van der Waals surface area contributed by atoms with Crippen LogP contribution in [-0.4, -0.2) is 37.1 Å². The predicted molar refractivity (Wildman–Crippen MR) is 69.2 cm³/mol. The summed E-state index contributed by atoms with van der Waals surface area (Å²) in [4.78, 5) is 11.4. The fourth-order valence-corrected chi connectivity index (χ4v) is 1.68. The van der Waals surface area contributed by atoms with Crippen LogP contribution in [-0.2, 0) is 15.5 Å². The molecule has 0 aliphatic rings. The Hall–Kier alpha value is -1.54. The largest absolute Gasteiger partial charge is 0.277 e. The van der Waals surface area contributed by atoms with Crippen molar-refractivity contribution in [2.75, 3.05) is 12.8 Å². The van der Waals surface area contributed by atoms with E-state index in [0.29, 0.717) is 5.56 Å². The van der Waals surface area contributed by atoms with Gasteiger partial charge in [0, 0.05) is 12.6 Å². The predicted octanol–water partition coefficient (Wildman–Crippen LogP) is 0.0756. The van der Waals surface area contributed by atoms with E-state index in [0.717, 1.165) is 0 Å². The second-order valence-electron chi connectivity index (χ2n) is 3.40. The molecule has 0 radical (unpaired) electrons. The quantitative estimate of drug-likeness (QED) is 0.469. The molecule has 0 atom stereocenters. The van der Waals surface area contributed by atoms with Crippen molar-refractivity contribution in [3.63, 3.8) is 0 Å². The Kier molecular flexibility index (Phi) is 5.17. The van der Waals surface area contributed by atoms with Crippen molar-refractivity contribution >= 4 is 33.8 Å². The van der Waals surface area contributed by atoms with Gasteiger partial charge in [-0.3, -0.25) is 15.2 Å². The lowest BCUT2D eigenvalue weighted by molar-refractivity contribution is -0.121. The summed E-state index contributed by atoms with van der Waals surface area (Å²) in [5, 5.41) is 1.17. The first-order valence-corrected chi connectivity index (χ1v) is 6.62. The summed E-state index contributed by atoms with van der Waals surface area (Å²) >= 11 is 5.03. The van der Waals surface area contributed by atoms with Gasteiger partial charge in [-0.2, -0.15) is 0 Å². The van der Waals surface area contributed by atoms with E-state index in [-0.39, 0.29) is 4.99 Å². The number of halogens is 1. The number of hydrazine groups is 1. The highest BCUT2D eigenvalue weighted by atomic mass is 32.2. The molecule has 0 unspecified atom stereocenters. The van der Waals surface area contributed by atoms with E-state index >= 15 is 0 Å². The summed E-state index contributed by atoms with van der Waals surface area (Å²) in [7, 11) is -1.34. The Balaban J connectivity index is 2.70. The Morgan fingerprint density at radius 2 is 2.17 bits per heavy atom. The molecule has 5 nitrogen and oxygen atoms in total. The van der Waals surface area contributed by atoms with Crippen LogP contribution in [0.2, 0.25) is 0 Å². The first kappa shape index (κ1) is 14.5. The van der Waals surface area contributed by atoms with Crippen LogP contribution in [0.3, 0.4) is 0 Å². The molecule has 1 aromatic carbocycles. The molecular weight excluding hydrogens is 279 g/mol. The molecule has 0 aliphatic carbocycles. The zero-order valence-electron chi connectivity index (χ0n) is 9.42. The fourth-order valence-electron chi connectivity index (χ4n) is 1.21. The highest BCUT2D eigenvalue weighted by molar-refractivity contribution is 7.80. The van der Waals surface area contributed by atoms with Gasteiger partial charge >= 0.3 is 0 Å². The summed E-state index contributed by atoms with van der Waals surface area (Å²) in [5.74, 6) is -1.77. The van der Waals surface area contributed by atoms with E-state index in [1.165, 1.54) is 30.3 Å². The number of hydrogen-bond acceptors (Lipinski definition) is 4. The average Bonchev–Trinajstić information content (AvgIpc) is 2.26. The molecule has 1 aromatic rings. The van der Waals surface area contributed by atoms with Crippen LogP contribution in [0.1, 0.15) is 5.56 Å². The number of hydrogen-bond donors (Lipinski definition) is 2. The summed E-state index contributed by atoms with van der Waals surface area (Å²) in [6, 6.07) is 5.56. The van der Waals surface area contributed by atoms with Gasteiger partial charge in [-0.1, -0.05) is 24.4 Å². The van der Waals surface area contributed by atoms with Crippen molar-refractivity contribution in [1.29, 1.82) is 0 Å². The third-order valence-electron chi connectivity index (χ3n) is 1.94. The molecule has 0 spiro atoms. The Morgan fingerprint density at radius 1 is 1.50 bits per heavy atom. The normalized spacial score (nSPS) is 10.2. The zero-order valence-corrected chi connectivity index (χ0v) is 11.1. The Morgan fingerprint density at radius 3 is 2.72 bits per heavy atom. The van der Waals surface area contributed by atoms with E-state index in [1.807, 2.05) is 0 Å². The van der Waals surface area contributed by atoms with Crippen molar-refractivity contribution in [3.05, 3.63) is 35.6 Å². The van der Waals surface area contributed by atoms with Crippen LogP contribution in [0, 0.1) is 5.82 Å². The van der Waals surface area contributed by atoms with Crippen LogP contribution in [0.15, 0.2) is 24.3 Å². The summed E-state index contributed by atoms with van der Waals surface area (Å²) in [6.07, 6.45) is 0. The highest BCUT2D eigenvalue weighted by Gasteiger charge is 2.11. The lowest BCUT2D eigenvalue weighted by Gasteiger charge is -2.20. The monoisotopic (exact) mass is 290 g/mol. The maximum Gasteiger partial charge on any atom is 0.253 e. The van der Waals surface area contributed by atoms with Gasteiger partial charge in [0.2, 0.25) is 0 Å². The first-order chi connectivity index (χ1) is 8.40. The number of amides is 1. The molecule has 0 aromatic heterocycles. The van der Waals surface area contributed by atoms with E-state index in [2.05, 4.69) is 5.43 Å². The number of thiol groups is 1. The van der Waals surface area contributed by atoms with Crippen molar-refractivity contribution in [2.45, 2.75) is 0 Å². The molecule has 1 N–H and O–H groups in total. The topological polar surface area (TPSA) is 66.5 Å². The van der Waals surface area contributed by atoms with Gasteiger partial charge in [0.25, 0.3) is 5.91 Å². The molecule has 0 fully saturated rings. The highest BCUT2D eigenvalue weighted by Crippen LogP contribution is 2.06. The van der Waals surface area contributed by atoms with Gasteiger partial charge in [-0.25, -0.2) is 12.8 Å². The summed E-state index contributed by atoms with van der Waals surface area (Å²) in [5.41, 5.74) is 2.69. The number of thiocarbonyl (C=S) groups is 1. The number of benzene rings is 1. The third-order valence-corrected chi connectivity index (χ3v) is 3.00. The molecule has 8 heteroatoms. The lowest BCUT2D eigenvalue weighted by Crippen LogP contribution is -2.44. The van der Waals surface area contributed by atoms with Gasteiger partial charge in [-0.05, 0) is 12.1 Å². The first-order valence-electron chi connectivity index (χ1n) is 4.85. The average molecular weight is 290 g/mol. The number of nitrogens with zero attached hydrogens (tertiary/aromatic N) is 1. The summed E-state index contributed by atoms with van der Waals surface area (Å²) < 4.78 is 33.7. The second-order valence-corrected chi connectivity index (χ2v) is 4.77. The van der Waals surface area contributed by atoms with E-state index < -0.39 is 28.2 Å². The minimum atomic E-state index is -2.79. The van der Waals surface area contributed by atoms with Crippen molar-refractivity contribution in [1.82, 2.24) is 10.4 Å². The number of rotatable bonds is 3. The van der Waals surface area contributed by atoms with E-state index in [9.17, 15) is 17.6 Å². The van der Waals surface area contributed by atoms with Crippen molar-refractivity contribution in [3.8, 4) is 0 Å². The zero-order chi connectivity index (χ0) is 13.7. The third kappa shape index (κ3) is 4.38. The molecular formula is C10H11FN2O3S2. The smallest absolute Gasteiger partial charge is 0.253 e. The lowest BCUT2D eigenvalue weighted by atomic mass is 10.2. The molecule has 18 heavy (non-hydrogen) atoms. The molecule has 0 saturated carbocycles. The maximum absolute atomic E-state index is 13.0. The Labute approximate surface area is 111 Å². The van der Waals surface area contributed by atoms with E-state index in [4.69, 9.17) is 12.2 Å². The minimum absolute atomic E-state index is 0.184. The SMILES string of the molecule is CN(NC(=O)C[SH](=O)=O)C(=S)c1cccc(F)c1. The Bertz CT molecular complexity index is 538. The van der Waals surface area contributed by atoms with Crippen molar-refractivity contribution < 1.29 is 17.6 Å². The number of carbonyl (C=O) groups excluding carboxylic acids is 1. The van der Waals surface area contributed by atoms with Gasteiger partial charge in [0.05, 0.1) is 0 Å². The maximum atomic E-state index is 13.0. The van der Waals surface area contributed by atoms with Crippen molar-refractivity contribution in [2.24, 2.45) is 0 Å². The standard InChI is InChI=1S/C10H11FN2O3S2/c1-13(12-9(14)6-18(15)16)10(17)7-3-2-4-8(11)5-7/h2-5,18H,6H2,1H3,(H,12,14). The minimum Gasteiger partial charge on any atom is -0.277 e. The van der Waals surface area contributed by atoms with Gasteiger partial charge in [-0.15, -0.1) is 0 Å². The molecule has 1 rings (SSSR count).